The summed E-state index contributed by atoms with van der Waals surface area (Å²) in [6.07, 6.45) is -7.84. The zero-order valence-electron chi connectivity index (χ0n) is 9.80. The fourth-order valence-corrected chi connectivity index (χ4v) is 1.65. The number of esters is 1. The van der Waals surface area contributed by atoms with Gasteiger partial charge in [0.15, 0.2) is 5.75 Å². The lowest BCUT2D eigenvalue weighted by atomic mass is 10.1. The molecule has 0 N–H and O–H groups in total. The van der Waals surface area contributed by atoms with Gasteiger partial charge in [-0.05, 0) is 0 Å². The Kier molecular flexibility index (Phi) is 5.09. The number of ether oxygens (including phenoxy) is 2. The Bertz CT molecular complexity index is 506. The number of carbonyl (C=O) groups excluding carboxylic acids is 1. The topological polar surface area (TPSA) is 48.4 Å². The van der Waals surface area contributed by atoms with Crippen LogP contribution in [0.3, 0.4) is 0 Å². The molecule has 0 aliphatic rings. The maximum atomic E-state index is 12.7. The van der Waals surface area contributed by atoms with Crippen molar-refractivity contribution in [1.29, 1.82) is 0 Å². The number of hydrogen-bond acceptors (Lipinski definition) is 4. The Morgan fingerprint density at radius 1 is 1.45 bits per heavy atom. The molecular formula is C10H7ClF5NO3. The molecule has 0 fully saturated rings. The Hall–Kier alpha value is -1.64. The van der Waals surface area contributed by atoms with E-state index in [1.54, 1.807) is 0 Å². The van der Waals surface area contributed by atoms with E-state index in [0.717, 1.165) is 7.11 Å². The van der Waals surface area contributed by atoms with Gasteiger partial charge in [0.2, 0.25) is 0 Å². The molecule has 0 saturated carbocycles. The van der Waals surface area contributed by atoms with Gasteiger partial charge in [0.1, 0.15) is 5.69 Å². The van der Waals surface area contributed by atoms with Crippen LogP contribution < -0.4 is 4.74 Å². The van der Waals surface area contributed by atoms with Gasteiger partial charge in [-0.25, -0.2) is 13.6 Å². The molecule has 1 rings (SSSR count). The second-order valence-electron chi connectivity index (χ2n) is 3.33. The minimum absolute atomic E-state index is 0.430. The summed E-state index contributed by atoms with van der Waals surface area (Å²) in [6.45, 7) is 0. The third-order valence-electron chi connectivity index (χ3n) is 2.13. The molecule has 1 aromatic rings. The number of hydrogen-bond donors (Lipinski definition) is 0. The predicted octanol–water partition coefficient (Wildman–Crippen LogP) is 3.44. The summed E-state index contributed by atoms with van der Waals surface area (Å²) in [4.78, 5) is 14.6. The minimum Gasteiger partial charge on any atom is -0.465 e. The molecule has 1 heterocycles. The predicted molar refractivity (Wildman–Crippen MR) is 56.8 cm³/mol. The van der Waals surface area contributed by atoms with Gasteiger partial charge in [0, 0.05) is 5.56 Å². The van der Waals surface area contributed by atoms with Crippen molar-refractivity contribution in [2.24, 2.45) is 0 Å². The molecule has 0 saturated heterocycles. The number of aromatic nitrogens is 1. The highest BCUT2D eigenvalue weighted by Crippen LogP contribution is 2.33. The normalized spacial score (nSPS) is 11.6. The van der Waals surface area contributed by atoms with Gasteiger partial charge in [-0.2, -0.15) is 0 Å². The van der Waals surface area contributed by atoms with Crippen molar-refractivity contribution in [2.75, 3.05) is 7.11 Å². The van der Waals surface area contributed by atoms with Crippen molar-refractivity contribution < 1.29 is 36.2 Å². The highest BCUT2D eigenvalue weighted by molar-refractivity contribution is 6.18. The van der Waals surface area contributed by atoms with Crippen LogP contribution >= 0.6 is 11.6 Å². The van der Waals surface area contributed by atoms with Crippen molar-refractivity contribution in [1.82, 2.24) is 4.98 Å². The monoisotopic (exact) mass is 319 g/mol. The van der Waals surface area contributed by atoms with Crippen molar-refractivity contribution in [3.8, 4) is 5.75 Å². The third-order valence-corrected chi connectivity index (χ3v) is 2.40. The molecule has 0 atom stereocenters. The molecule has 0 aromatic carbocycles. The Morgan fingerprint density at radius 2 is 2.05 bits per heavy atom. The van der Waals surface area contributed by atoms with Crippen LogP contribution in [0.5, 0.6) is 5.75 Å². The number of carbonyl (C=O) groups is 1. The van der Waals surface area contributed by atoms with Gasteiger partial charge in [0.05, 0.1) is 24.8 Å². The molecule has 10 heteroatoms. The summed E-state index contributed by atoms with van der Waals surface area (Å²) in [5, 5.41) is 0. The lowest BCUT2D eigenvalue weighted by molar-refractivity contribution is -0.275. The number of rotatable bonds is 4. The van der Waals surface area contributed by atoms with Gasteiger partial charge in [0.25, 0.3) is 6.43 Å². The first-order valence-corrected chi connectivity index (χ1v) is 5.44. The second kappa shape index (κ2) is 6.21. The summed E-state index contributed by atoms with van der Waals surface area (Å²) >= 11 is 5.42. The molecule has 20 heavy (non-hydrogen) atoms. The number of methoxy groups -OCH3 is 1. The van der Waals surface area contributed by atoms with Crippen LogP contribution in [-0.2, 0) is 10.6 Å². The van der Waals surface area contributed by atoms with Crippen molar-refractivity contribution in [3.05, 3.63) is 23.0 Å². The fraction of sp³-hybridized carbons (Fsp3) is 0.400. The zero-order valence-corrected chi connectivity index (χ0v) is 10.6. The number of pyridine rings is 1. The van der Waals surface area contributed by atoms with Gasteiger partial charge >= 0.3 is 12.3 Å². The van der Waals surface area contributed by atoms with E-state index in [2.05, 4.69) is 14.5 Å². The first kappa shape index (κ1) is 16.4. The third kappa shape index (κ3) is 3.69. The summed E-state index contributed by atoms with van der Waals surface area (Å²) in [7, 11) is 0.882. The Balaban J connectivity index is 3.48. The van der Waals surface area contributed by atoms with Crippen LogP contribution in [0.4, 0.5) is 22.0 Å². The van der Waals surface area contributed by atoms with Crippen LogP contribution in [-0.4, -0.2) is 24.4 Å². The van der Waals surface area contributed by atoms with Crippen molar-refractivity contribution >= 4 is 17.6 Å². The van der Waals surface area contributed by atoms with Gasteiger partial charge in [-0.3, -0.25) is 4.98 Å². The molecule has 0 amide bonds. The van der Waals surface area contributed by atoms with Gasteiger partial charge in [-0.15, -0.1) is 24.8 Å². The number of alkyl halides is 6. The smallest absolute Gasteiger partial charge is 0.465 e. The number of nitrogens with zero attached hydrogens (tertiary/aromatic N) is 1. The summed E-state index contributed by atoms with van der Waals surface area (Å²) in [5.74, 6) is -2.88. The quantitative estimate of drug-likeness (QED) is 0.484. The molecule has 0 aliphatic heterocycles. The molecular weight excluding hydrogens is 313 g/mol. The largest absolute Gasteiger partial charge is 0.573 e. The SMILES string of the molecule is COC(=O)c1c(C(F)F)ncc(OC(F)(F)F)c1CCl. The van der Waals surface area contributed by atoms with Crippen LogP contribution in [0, 0.1) is 0 Å². The molecule has 0 aliphatic carbocycles. The second-order valence-corrected chi connectivity index (χ2v) is 3.60. The van der Waals surface area contributed by atoms with E-state index in [-0.39, 0.29) is 0 Å². The Morgan fingerprint density at radius 3 is 2.45 bits per heavy atom. The molecule has 0 spiro atoms. The van der Waals surface area contributed by atoms with E-state index >= 15 is 0 Å². The molecule has 0 unspecified atom stereocenters. The Labute approximate surface area is 114 Å². The van der Waals surface area contributed by atoms with E-state index in [9.17, 15) is 26.7 Å². The maximum Gasteiger partial charge on any atom is 0.573 e. The fourth-order valence-electron chi connectivity index (χ4n) is 1.39. The number of halogens is 6. The van der Waals surface area contributed by atoms with E-state index in [1.165, 1.54) is 0 Å². The van der Waals surface area contributed by atoms with E-state index in [0.29, 0.717) is 6.20 Å². The van der Waals surface area contributed by atoms with Crippen LogP contribution in [0.15, 0.2) is 6.20 Å². The van der Waals surface area contributed by atoms with Crippen molar-refractivity contribution in [2.45, 2.75) is 18.7 Å². The van der Waals surface area contributed by atoms with Crippen LogP contribution in [0.1, 0.15) is 28.0 Å². The molecule has 112 valence electrons. The summed E-state index contributed by atoms with van der Waals surface area (Å²) in [6, 6.07) is 0. The van der Waals surface area contributed by atoms with Crippen molar-refractivity contribution in [3.63, 3.8) is 0 Å². The lowest BCUT2D eigenvalue weighted by Crippen LogP contribution is -2.20. The molecule has 0 radical (unpaired) electrons. The van der Waals surface area contributed by atoms with Crippen LogP contribution in [0.2, 0.25) is 0 Å². The van der Waals surface area contributed by atoms with E-state index < -0.39 is 47.2 Å². The first-order valence-electron chi connectivity index (χ1n) is 4.91. The first-order chi connectivity index (χ1) is 9.21. The molecule has 4 nitrogen and oxygen atoms in total. The standard InChI is InChI=1S/C10H7ClF5NO3/c1-19-9(18)6-4(2-11)5(20-10(14,15)16)3-17-7(6)8(12)13/h3,8H,2H2,1H3. The highest BCUT2D eigenvalue weighted by atomic mass is 35.5. The maximum absolute atomic E-state index is 12.7. The van der Waals surface area contributed by atoms with Crippen LogP contribution in [0.25, 0.3) is 0 Å². The highest BCUT2D eigenvalue weighted by Gasteiger charge is 2.35. The lowest BCUT2D eigenvalue weighted by Gasteiger charge is -2.16. The minimum atomic E-state index is -5.08. The van der Waals surface area contributed by atoms with Gasteiger partial charge in [-0.1, -0.05) is 0 Å². The van der Waals surface area contributed by atoms with Gasteiger partial charge < -0.3 is 9.47 Å². The average molecular weight is 320 g/mol. The molecule has 1 aromatic heterocycles. The average Bonchev–Trinajstić information content (AvgIpc) is 2.34. The summed E-state index contributed by atoms with van der Waals surface area (Å²) in [5.41, 5.74) is -2.43. The molecule has 0 bridgehead atoms. The van der Waals surface area contributed by atoms with E-state index in [4.69, 9.17) is 11.6 Å². The summed E-state index contributed by atoms with van der Waals surface area (Å²) < 4.78 is 69.8. The van der Waals surface area contributed by atoms with E-state index in [1.807, 2.05) is 0 Å². The zero-order chi connectivity index (χ0) is 15.5.